The van der Waals surface area contributed by atoms with Gasteiger partial charge in [-0.15, -0.1) is 0 Å². The number of halogens is 3. The average molecular weight is 332 g/mol. The molecule has 2 aromatic carbocycles. The van der Waals surface area contributed by atoms with Crippen LogP contribution in [0.4, 0.5) is 0 Å². The molecule has 0 unspecified atom stereocenters. The van der Waals surface area contributed by atoms with Gasteiger partial charge in [0.15, 0.2) is 0 Å². The fraction of sp³-hybridized carbons (Fsp3) is 0.0769. The zero-order chi connectivity index (χ0) is 12.3. The lowest BCUT2D eigenvalue weighted by atomic mass is 10.2. The van der Waals surface area contributed by atoms with Gasteiger partial charge in [-0.2, -0.15) is 0 Å². The van der Waals surface area contributed by atoms with Gasteiger partial charge in [0, 0.05) is 20.1 Å². The molecular formula is C13H9BrCl2O. The van der Waals surface area contributed by atoms with Crippen LogP contribution in [0, 0.1) is 0 Å². The van der Waals surface area contributed by atoms with Gasteiger partial charge in [-0.25, -0.2) is 0 Å². The van der Waals surface area contributed by atoms with E-state index in [9.17, 15) is 0 Å². The molecule has 0 bridgehead atoms. The summed E-state index contributed by atoms with van der Waals surface area (Å²) in [7, 11) is 0. The first-order valence-electron chi connectivity index (χ1n) is 4.97. The molecule has 0 fully saturated rings. The molecule has 0 amide bonds. The Balaban J connectivity index is 2.10. The van der Waals surface area contributed by atoms with E-state index >= 15 is 0 Å². The molecule has 0 saturated heterocycles. The van der Waals surface area contributed by atoms with Crippen LogP contribution < -0.4 is 4.74 Å². The standard InChI is InChI=1S/C13H9BrCl2O/c14-13-4-2-1-3-9(13)8-17-12-6-10(15)5-11(16)7-12/h1-7H,8H2. The summed E-state index contributed by atoms with van der Waals surface area (Å²) >= 11 is 15.2. The van der Waals surface area contributed by atoms with Crippen molar-refractivity contribution in [3.63, 3.8) is 0 Å². The smallest absolute Gasteiger partial charge is 0.122 e. The maximum absolute atomic E-state index is 5.89. The van der Waals surface area contributed by atoms with E-state index in [2.05, 4.69) is 15.9 Å². The molecule has 0 N–H and O–H groups in total. The monoisotopic (exact) mass is 330 g/mol. The molecule has 0 atom stereocenters. The summed E-state index contributed by atoms with van der Waals surface area (Å²) in [6.45, 7) is 0.470. The SMILES string of the molecule is Clc1cc(Cl)cc(OCc2ccccc2Br)c1. The minimum atomic E-state index is 0.470. The first-order chi connectivity index (χ1) is 8.15. The first-order valence-corrected chi connectivity index (χ1v) is 6.52. The van der Waals surface area contributed by atoms with Crippen LogP contribution in [0.5, 0.6) is 5.75 Å². The second-order valence-corrected chi connectivity index (χ2v) is 5.21. The molecule has 0 aliphatic rings. The summed E-state index contributed by atoms with van der Waals surface area (Å²) in [4.78, 5) is 0. The van der Waals surface area contributed by atoms with Crippen molar-refractivity contribution in [2.45, 2.75) is 6.61 Å². The van der Waals surface area contributed by atoms with Gasteiger partial charge in [-0.05, 0) is 24.3 Å². The Hall–Kier alpha value is -0.700. The maximum atomic E-state index is 5.89. The van der Waals surface area contributed by atoms with Gasteiger partial charge in [0.25, 0.3) is 0 Å². The summed E-state index contributed by atoms with van der Waals surface area (Å²) in [5.41, 5.74) is 1.07. The van der Waals surface area contributed by atoms with Gasteiger partial charge in [0.05, 0.1) is 0 Å². The van der Waals surface area contributed by atoms with Gasteiger partial charge in [-0.1, -0.05) is 57.3 Å². The van der Waals surface area contributed by atoms with Crippen molar-refractivity contribution in [1.82, 2.24) is 0 Å². The van der Waals surface area contributed by atoms with E-state index < -0.39 is 0 Å². The minimum absolute atomic E-state index is 0.470. The molecule has 17 heavy (non-hydrogen) atoms. The molecule has 0 radical (unpaired) electrons. The number of benzene rings is 2. The molecule has 0 aliphatic heterocycles. The summed E-state index contributed by atoms with van der Waals surface area (Å²) in [6, 6.07) is 13.1. The molecule has 2 aromatic rings. The predicted molar refractivity (Wildman–Crippen MR) is 74.9 cm³/mol. The van der Waals surface area contributed by atoms with E-state index in [-0.39, 0.29) is 0 Å². The van der Waals surface area contributed by atoms with Crippen molar-refractivity contribution in [3.05, 3.63) is 62.5 Å². The third-order valence-electron chi connectivity index (χ3n) is 2.19. The maximum Gasteiger partial charge on any atom is 0.122 e. The molecule has 0 spiro atoms. The predicted octanol–water partition coefficient (Wildman–Crippen LogP) is 5.33. The zero-order valence-electron chi connectivity index (χ0n) is 8.79. The Labute approximate surface area is 118 Å². The Morgan fingerprint density at radius 2 is 1.65 bits per heavy atom. The van der Waals surface area contributed by atoms with Crippen molar-refractivity contribution in [3.8, 4) is 5.75 Å². The second-order valence-electron chi connectivity index (χ2n) is 3.49. The molecule has 4 heteroatoms. The molecule has 0 aromatic heterocycles. The van der Waals surface area contributed by atoms with Gasteiger partial charge in [0.1, 0.15) is 12.4 Å². The van der Waals surface area contributed by atoms with E-state index in [4.69, 9.17) is 27.9 Å². The lowest BCUT2D eigenvalue weighted by Crippen LogP contribution is -1.96. The summed E-state index contributed by atoms with van der Waals surface area (Å²) < 4.78 is 6.66. The highest BCUT2D eigenvalue weighted by Gasteiger charge is 2.02. The van der Waals surface area contributed by atoms with Crippen molar-refractivity contribution < 1.29 is 4.74 Å². The quantitative estimate of drug-likeness (QED) is 0.738. The van der Waals surface area contributed by atoms with E-state index in [1.54, 1.807) is 18.2 Å². The van der Waals surface area contributed by atoms with Crippen LogP contribution in [0.3, 0.4) is 0 Å². The molecule has 0 saturated carbocycles. The molecular weight excluding hydrogens is 323 g/mol. The van der Waals surface area contributed by atoms with Crippen LogP contribution in [-0.2, 0) is 6.61 Å². The fourth-order valence-electron chi connectivity index (χ4n) is 1.39. The third-order valence-corrected chi connectivity index (χ3v) is 3.40. The molecule has 0 aliphatic carbocycles. The van der Waals surface area contributed by atoms with E-state index in [1.165, 1.54) is 0 Å². The number of ether oxygens (including phenoxy) is 1. The van der Waals surface area contributed by atoms with Crippen LogP contribution >= 0.6 is 39.1 Å². The van der Waals surface area contributed by atoms with Crippen LogP contribution in [0.2, 0.25) is 10.0 Å². The highest BCUT2D eigenvalue weighted by Crippen LogP contribution is 2.25. The van der Waals surface area contributed by atoms with Gasteiger partial charge >= 0.3 is 0 Å². The van der Waals surface area contributed by atoms with Crippen LogP contribution in [0.15, 0.2) is 46.9 Å². The Kier molecular flexibility index (Phi) is 4.32. The number of rotatable bonds is 3. The van der Waals surface area contributed by atoms with E-state index in [1.807, 2.05) is 24.3 Å². The minimum Gasteiger partial charge on any atom is -0.489 e. The zero-order valence-corrected chi connectivity index (χ0v) is 11.9. The van der Waals surface area contributed by atoms with Crippen LogP contribution in [0.25, 0.3) is 0 Å². The average Bonchev–Trinajstić information content (AvgIpc) is 2.27. The van der Waals surface area contributed by atoms with Crippen molar-refractivity contribution in [1.29, 1.82) is 0 Å². The summed E-state index contributed by atoms with van der Waals surface area (Å²) in [5.74, 6) is 0.665. The normalized spacial score (nSPS) is 10.3. The largest absolute Gasteiger partial charge is 0.489 e. The molecule has 0 heterocycles. The van der Waals surface area contributed by atoms with E-state index in [0.717, 1.165) is 10.0 Å². The van der Waals surface area contributed by atoms with Crippen molar-refractivity contribution in [2.75, 3.05) is 0 Å². The lowest BCUT2D eigenvalue weighted by Gasteiger charge is -2.08. The number of hydrogen-bond acceptors (Lipinski definition) is 1. The van der Waals surface area contributed by atoms with Gasteiger partial charge in [0.2, 0.25) is 0 Å². The van der Waals surface area contributed by atoms with Crippen LogP contribution in [-0.4, -0.2) is 0 Å². The molecule has 88 valence electrons. The second kappa shape index (κ2) is 5.76. The van der Waals surface area contributed by atoms with Gasteiger partial charge < -0.3 is 4.74 Å². The Morgan fingerprint density at radius 1 is 1.00 bits per heavy atom. The Morgan fingerprint density at radius 3 is 2.29 bits per heavy atom. The highest BCUT2D eigenvalue weighted by atomic mass is 79.9. The van der Waals surface area contributed by atoms with Crippen LogP contribution in [0.1, 0.15) is 5.56 Å². The number of hydrogen-bond donors (Lipinski definition) is 0. The highest BCUT2D eigenvalue weighted by molar-refractivity contribution is 9.10. The topological polar surface area (TPSA) is 9.23 Å². The van der Waals surface area contributed by atoms with Crippen molar-refractivity contribution >= 4 is 39.1 Å². The fourth-order valence-corrected chi connectivity index (χ4v) is 2.29. The third kappa shape index (κ3) is 3.63. The molecule has 1 nitrogen and oxygen atoms in total. The Bertz CT molecular complexity index is 508. The molecule has 2 rings (SSSR count). The van der Waals surface area contributed by atoms with E-state index in [0.29, 0.717) is 22.4 Å². The lowest BCUT2D eigenvalue weighted by molar-refractivity contribution is 0.305. The van der Waals surface area contributed by atoms with Crippen molar-refractivity contribution in [2.24, 2.45) is 0 Å². The first kappa shape index (κ1) is 12.7. The van der Waals surface area contributed by atoms with Gasteiger partial charge in [-0.3, -0.25) is 0 Å². The summed E-state index contributed by atoms with van der Waals surface area (Å²) in [5, 5.41) is 1.14. The summed E-state index contributed by atoms with van der Waals surface area (Å²) in [6.07, 6.45) is 0.